The van der Waals surface area contributed by atoms with Gasteiger partial charge in [0.1, 0.15) is 0 Å². The van der Waals surface area contributed by atoms with Gasteiger partial charge in [-0.2, -0.15) is 0 Å². The molecule has 0 spiro atoms. The van der Waals surface area contributed by atoms with E-state index < -0.39 is 0 Å². The van der Waals surface area contributed by atoms with Crippen molar-refractivity contribution in [1.82, 2.24) is 9.13 Å². The first-order valence-electron chi connectivity index (χ1n) is 17.5. The lowest BCUT2D eigenvalue weighted by atomic mass is 9.98. The van der Waals surface area contributed by atoms with Gasteiger partial charge >= 0.3 is 0 Å². The second-order valence-electron chi connectivity index (χ2n) is 13.4. The van der Waals surface area contributed by atoms with Crippen LogP contribution >= 0.6 is 0 Å². The Bertz CT molecular complexity index is 2900. The number of hydrogen-bond acceptors (Lipinski definition) is 1. The number of rotatable bonds is 4. The summed E-state index contributed by atoms with van der Waals surface area (Å²) >= 11 is 0. The maximum Gasteiger partial charge on any atom is 0.0783 e. The molecule has 10 aromatic rings. The Kier molecular flexibility index (Phi) is 5.96. The molecule has 0 atom stereocenters. The second-order valence-corrected chi connectivity index (χ2v) is 13.4. The molecule has 0 saturated heterocycles. The number of hydrogen-bond donors (Lipinski definition) is 0. The summed E-state index contributed by atoms with van der Waals surface area (Å²) in [6, 6.07) is 68.4. The van der Waals surface area contributed by atoms with E-state index in [9.17, 15) is 0 Å². The number of anilines is 3. The molecule has 1 aliphatic heterocycles. The van der Waals surface area contributed by atoms with Crippen molar-refractivity contribution in [3.05, 3.63) is 188 Å². The highest BCUT2D eigenvalue weighted by Gasteiger charge is 2.29. The lowest BCUT2D eigenvalue weighted by molar-refractivity contribution is 1.11. The summed E-state index contributed by atoms with van der Waals surface area (Å²) < 4.78 is 4.96. The van der Waals surface area contributed by atoms with Gasteiger partial charge in [0.2, 0.25) is 0 Å². The largest absolute Gasteiger partial charge is 0.309 e. The van der Waals surface area contributed by atoms with Crippen LogP contribution in [0.25, 0.3) is 77.2 Å². The van der Waals surface area contributed by atoms with E-state index in [4.69, 9.17) is 0 Å². The van der Waals surface area contributed by atoms with Crippen LogP contribution in [0.4, 0.5) is 17.1 Å². The molecule has 3 heterocycles. The topological polar surface area (TPSA) is 13.1 Å². The summed E-state index contributed by atoms with van der Waals surface area (Å²) in [5, 5.41) is 5.07. The summed E-state index contributed by atoms with van der Waals surface area (Å²) in [5.41, 5.74) is 15.5. The second kappa shape index (κ2) is 10.8. The fourth-order valence-electron chi connectivity index (χ4n) is 8.47. The number of benzene rings is 8. The predicted octanol–water partition coefficient (Wildman–Crippen LogP) is 13.0. The zero-order chi connectivity index (χ0) is 33.5. The summed E-state index contributed by atoms with van der Waals surface area (Å²) in [5.74, 6) is 0. The Morgan fingerprint density at radius 1 is 0.294 bits per heavy atom. The van der Waals surface area contributed by atoms with Gasteiger partial charge in [-0.05, 0) is 89.0 Å². The molecule has 0 radical (unpaired) electrons. The van der Waals surface area contributed by atoms with Crippen molar-refractivity contribution >= 4 is 60.7 Å². The Hall–Kier alpha value is -6.84. The quantitative estimate of drug-likeness (QED) is 0.185. The standard InChI is InChI=1S/C48H31N3/c1-4-15-32(16-5-1)34-29-35(33-17-6-2-7-18-33)31-37(30-34)50-40-23-11-10-21-38(40)46-43(50)27-28-44-47(46)39-22-14-26-45-48(39)51(44)42-25-13-12-24-41(42)49(45)36-19-8-3-9-20-36/h1-31H. The molecule has 0 bridgehead atoms. The van der Waals surface area contributed by atoms with Crippen LogP contribution in [-0.2, 0) is 0 Å². The van der Waals surface area contributed by atoms with E-state index in [1.165, 1.54) is 82.9 Å². The third kappa shape index (κ3) is 4.06. The normalized spacial score (nSPS) is 12.3. The first kappa shape index (κ1) is 28.0. The molecule has 1 aliphatic rings. The van der Waals surface area contributed by atoms with Gasteiger partial charge in [-0.3, -0.25) is 0 Å². The highest BCUT2D eigenvalue weighted by molar-refractivity contribution is 6.30. The highest BCUT2D eigenvalue weighted by atomic mass is 15.2. The van der Waals surface area contributed by atoms with E-state index >= 15 is 0 Å². The third-order valence-electron chi connectivity index (χ3n) is 10.6. The molecular weight excluding hydrogens is 619 g/mol. The first-order chi connectivity index (χ1) is 25.3. The Morgan fingerprint density at radius 3 is 1.53 bits per heavy atom. The predicted molar refractivity (Wildman–Crippen MR) is 214 cm³/mol. The summed E-state index contributed by atoms with van der Waals surface area (Å²) in [6.45, 7) is 0. The maximum absolute atomic E-state index is 2.49. The molecule has 0 N–H and O–H groups in total. The zero-order valence-electron chi connectivity index (χ0n) is 27.7. The molecule has 11 rings (SSSR count). The Morgan fingerprint density at radius 2 is 0.824 bits per heavy atom. The van der Waals surface area contributed by atoms with Crippen LogP contribution in [0.5, 0.6) is 0 Å². The van der Waals surface area contributed by atoms with Gasteiger partial charge in [0.25, 0.3) is 0 Å². The van der Waals surface area contributed by atoms with E-state index in [0.29, 0.717) is 0 Å². The van der Waals surface area contributed by atoms with Crippen molar-refractivity contribution < 1.29 is 0 Å². The molecule has 8 aromatic carbocycles. The third-order valence-corrected chi connectivity index (χ3v) is 10.6. The molecule has 0 amide bonds. The number of para-hydroxylation sites is 5. The van der Waals surface area contributed by atoms with Crippen molar-refractivity contribution in [3.8, 4) is 33.6 Å². The van der Waals surface area contributed by atoms with Crippen LogP contribution in [0.1, 0.15) is 0 Å². The van der Waals surface area contributed by atoms with Crippen molar-refractivity contribution in [1.29, 1.82) is 0 Å². The van der Waals surface area contributed by atoms with Crippen molar-refractivity contribution in [2.24, 2.45) is 0 Å². The van der Waals surface area contributed by atoms with E-state index in [2.05, 4.69) is 202 Å². The number of nitrogens with zero attached hydrogens (tertiary/aromatic N) is 3. The summed E-state index contributed by atoms with van der Waals surface area (Å²) in [7, 11) is 0. The molecular formula is C48H31N3. The molecule has 3 heteroatoms. The van der Waals surface area contributed by atoms with Gasteiger partial charge in [-0.15, -0.1) is 0 Å². The molecule has 0 saturated carbocycles. The lowest BCUT2D eigenvalue weighted by Gasteiger charge is -2.33. The van der Waals surface area contributed by atoms with Crippen LogP contribution in [0.2, 0.25) is 0 Å². The van der Waals surface area contributed by atoms with E-state index in [1.54, 1.807) is 0 Å². The van der Waals surface area contributed by atoms with Gasteiger partial charge in [0.05, 0.1) is 39.1 Å². The van der Waals surface area contributed by atoms with Crippen LogP contribution < -0.4 is 4.90 Å². The Balaban J connectivity index is 1.26. The minimum Gasteiger partial charge on any atom is -0.309 e. The highest BCUT2D eigenvalue weighted by Crippen LogP contribution is 2.51. The average molecular weight is 650 g/mol. The SMILES string of the molecule is c1ccc(-c2cc(-c3ccccc3)cc(-n3c4ccccc4c4c5c6cccc7c6n(c5ccc43)-c3ccccc3N7c3ccccc3)c2)cc1. The smallest absolute Gasteiger partial charge is 0.0783 e. The molecule has 0 fully saturated rings. The van der Waals surface area contributed by atoms with Crippen molar-refractivity contribution in [3.63, 3.8) is 0 Å². The van der Waals surface area contributed by atoms with Crippen LogP contribution in [0, 0.1) is 0 Å². The van der Waals surface area contributed by atoms with Crippen molar-refractivity contribution in [2.45, 2.75) is 0 Å². The first-order valence-corrected chi connectivity index (χ1v) is 17.5. The van der Waals surface area contributed by atoms with Gasteiger partial charge in [-0.25, -0.2) is 0 Å². The number of fused-ring (bicyclic) bond motifs is 9. The van der Waals surface area contributed by atoms with Gasteiger partial charge in [-0.1, -0.05) is 121 Å². The van der Waals surface area contributed by atoms with E-state index in [-0.39, 0.29) is 0 Å². The molecule has 0 unspecified atom stereocenters. The molecule has 3 nitrogen and oxygen atoms in total. The van der Waals surface area contributed by atoms with Crippen molar-refractivity contribution in [2.75, 3.05) is 4.90 Å². The summed E-state index contributed by atoms with van der Waals surface area (Å²) in [6.07, 6.45) is 0. The Labute approximate surface area is 295 Å². The fraction of sp³-hybridized carbons (Fsp3) is 0. The van der Waals surface area contributed by atoms with Crippen LogP contribution in [-0.4, -0.2) is 9.13 Å². The van der Waals surface area contributed by atoms with Gasteiger partial charge in [0, 0.05) is 32.9 Å². The summed E-state index contributed by atoms with van der Waals surface area (Å²) in [4.78, 5) is 2.41. The molecule has 0 aliphatic carbocycles. The minimum atomic E-state index is 1.15. The maximum atomic E-state index is 2.49. The monoisotopic (exact) mass is 649 g/mol. The lowest BCUT2D eigenvalue weighted by Crippen LogP contribution is -2.17. The van der Waals surface area contributed by atoms with Gasteiger partial charge in [0.15, 0.2) is 0 Å². The minimum absolute atomic E-state index is 1.15. The van der Waals surface area contributed by atoms with Crippen LogP contribution in [0.15, 0.2) is 188 Å². The van der Waals surface area contributed by atoms with Crippen LogP contribution in [0.3, 0.4) is 0 Å². The number of aromatic nitrogens is 2. The molecule has 2 aromatic heterocycles. The average Bonchev–Trinajstić information content (AvgIpc) is 3.73. The van der Waals surface area contributed by atoms with Gasteiger partial charge < -0.3 is 14.0 Å². The molecule has 238 valence electrons. The van der Waals surface area contributed by atoms with E-state index in [0.717, 1.165) is 11.4 Å². The zero-order valence-corrected chi connectivity index (χ0v) is 27.7. The van der Waals surface area contributed by atoms with E-state index in [1.807, 2.05) is 0 Å². The molecule has 51 heavy (non-hydrogen) atoms. The fourth-order valence-corrected chi connectivity index (χ4v) is 8.47.